The molecule has 1 aliphatic rings. The van der Waals surface area contributed by atoms with Crippen LogP contribution in [0.15, 0.2) is 18.2 Å². The van der Waals surface area contributed by atoms with Crippen LogP contribution >= 0.6 is 0 Å². The SMILES string of the molecule is CCNCC(=O)N(CC)Cc1ccc2c(c1)OCO2. The number of carbonyl (C=O) groups excluding carboxylic acids is 1. The molecule has 0 saturated heterocycles. The molecule has 1 amide bonds. The maximum Gasteiger partial charge on any atom is 0.236 e. The molecule has 1 heterocycles. The standard InChI is InChI=1S/C14H20N2O3/c1-3-15-8-14(17)16(4-2)9-11-5-6-12-13(7-11)19-10-18-12/h5-7,15H,3-4,8-10H2,1-2H3. The van der Waals surface area contributed by atoms with Crippen molar-refractivity contribution in [2.24, 2.45) is 0 Å². The number of likely N-dealkylation sites (N-methyl/N-ethyl adjacent to an activating group) is 2. The van der Waals surface area contributed by atoms with Crippen molar-refractivity contribution in [1.29, 1.82) is 0 Å². The van der Waals surface area contributed by atoms with Crippen LogP contribution in [-0.4, -0.2) is 37.2 Å². The van der Waals surface area contributed by atoms with E-state index < -0.39 is 0 Å². The number of amides is 1. The normalized spacial score (nSPS) is 12.5. The molecule has 0 radical (unpaired) electrons. The first kappa shape index (κ1) is 13.7. The fraction of sp³-hybridized carbons (Fsp3) is 0.500. The Hall–Kier alpha value is -1.75. The van der Waals surface area contributed by atoms with E-state index in [2.05, 4.69) is 5.32 Å². The van der Waals surface area contributed by atoms with Gasteiger partial charge in [0.1, 0.15) is 0 Å². The predicted octanol–water partition coefficient (Wildman–Crippen LogP) is 1.37. The zero-order valence-corrected chi connectivity index (χ0v) is 11.4. The van der Waals surface area contributed by atoms with Gasteiger partial charge in [0.15, 0.2) is 11.5 Å². The van der Waals surface area contributed by atoms with E-state index in [1.54, 1.807) is 0 Å². The van der Waals surface area contributed by atoms with Crippen molar-refractivity contribution in [1.82, 2.24) is 10.2 Å². The van der Waals surface area contributed by atoms with Crippen LogP contribution in [0.2, 0.25) is 0 Å². The van der Waals surface area contributed by atoms with Crippen LogP contribution in [0.25, 0.3) is 0 Å². The van der Waals surface area contributed by atoms with Crippen LogP contribution in [0.5, 0.6) is 11.5 Å². The van der Waals surface area contributed by atoms with E-state index in [-0.39, 0.29) is 12.7 Å². The summed E-state index contributed by atoms with van der Waals surface area (Å²) in [5, 5.41) is 3.05. The lowest BCUT2D eigenvalue weighted by atomic mass is 10.2. The summed E-state index contributed by atoms with van der Waals surface area (Å²) in [6, 6.07) is 5.79. The van der Waals surface area contributed by atoms with Gasteiger partial charge in [-0.2, -0.15) is 0 Å². The Labute approximate surface area is 113 Å². The third kappa shape index (κ3) is 3.38. The molecule has 104 valence electrons. The zero-order valence-electron chi connectivity index (χ0n) is 11.4. The molecule has 0 fully saturated rings. The molecule has 1 aromatic carbocycles. The van der Waals surface area contributed by atoms with E-state index in [1.165, 1.54) is 0 Å². The Morgan fingerprint density at radius 3 is 2.84 bits per heavy atom. The highest BCUT2D eigenvalue weighted by Crippen LogP contribution is 2.32. The minimum Gasteiger partial charge on any atom is -0.454 e. The first-order valence-corrected chi connectivity index (χ1v) is 6.61. The number of carbonyl (C=O) groups is 1. The first-order valence-electron chi connectivity index (χ1n) is 6.61. The summed E-state index contributed by atoms with van der Waals surface area (Å²) in [5.74, 6) is 1.64. The average Bonchev–Trinajstić information content (AvgIpc) is 2.89. The summed E-state index contributed by atoms with van der Waals surface area (Å²) < 4.78 is 10.6. The van der Waals surface area contributed by atoms with E-state index in [0.717, 1.165) is 23.6 Å². The van der Waals surface area contributed by atoms with Crippen molar-refractivity contribution >= 4 is 5.91 Å². The molecule has 0 saturated carbocycles. The fourth-order valence-corrected chi connectivity index (χ4v) is 1.98. The molecule has 0 aliphatic carbocycles. The minimum atomic E-state index is 0.113. The number of ether oxygens (including phenoxy) is 2. The van der Waals surface area contributed by atoms with Crippen molar-refractivity contribution in [3.05, 3.63) is 23.8 Å². The average molecular weight is 264 g/mol. The van der Waals surface area contributed by atoms with Gasteiger partial charge in [-0.25, -0.2) is 0 Å². The molecular weight excluding hydrogens is 244 g/mol. The van der Waals surface area contributed by atoms with E-state index in [4.69, 9.17) is 9.47 Å². The van der Waals surface area contributed by atoms with E-state index in [0.29, 0.717) is 19.6 Å². The number of nitrogens with one attached hydrogen (secondary N) is 1. The number of rotatable bonds is 6. The lowest BCUT2D eigenvalue weighted by Gasteiger charge is -2.21. The molecule has 5 nitrogen and oxygen atoms in total. The second-order valence-corrected chi connectivity index (χ2v) is 4.38. The third-order valence-electron chi connectivity index (χ3n) is 3.07. The van der Waals surface area contributed by atoms with Gasteiger partial charge in [0.2, 0.25) is 12.7 Å². The summed E-state index contributed by atoms with van der Waals surface area (Å²) >= 11 is 0. The first-order chi connectivity index (χ1) is 9.24. The Morgan fingerprint density at radius 1 is 1.32 bits per heavy atom. The molecule has 0 unspecified atom stereocenters. The van der Waals surface area contributed by atoms with Gasteiger partial charge in [-0.15, -0.1) is 0 Å². The molecule has 1 aliphatic heterocycles. The molecule has 2 rings (SSSR count). The Kier molecular flexibility index (Phi) is 4.63. The third-order valence-corrected chi connectivity index (χ3v) is 3.07. The van der Waals surface area contributed by atoms with Gasteiger partial charge in [0, 0.05) is 13.1 Å². The smallest absolute Gasteiger partial charge is 0.236 e. The molecule has 1 N–H and O–H groups in total. The van der Waals surface area contributed by atoms with Gasteiger partial charge in [-0.3, -0.25) is 4.79 Å². The summed E-state index contributed by atoms with van der Waals surface area (Å²) in [7, 11) is 0. The lowest BCUT2D eigenvalue weighted by Crippen LogP contribution is -2.37. The molecule has 0 aromatic heterocycles. The van der Waals surface area contributed by atoms with Crippen molar-refractivity contribution in [2.75, 3.05) is 26.4 Å². The number of fused-ring (bicyclic) bond motifs is 1. The Morgan fingerprint density at radius 2 is 2.11 bits per heavy atom. The van der Waals surface area contributed by atoms with Crippen LogP contribution in [0.1, 0.15) is 19.4 Å². The van der Waals surface area contributed by atoms with Gasteiger partial charge < -0.3 is 19.7 Å². The van der Waals surface area contributed by atoms with Gasteiger partial charge in [-0.1, -0.05) is 13.0 Å². The highest BCUT2D eigenvalue weighted by Gasteiger charge is 2.16. The van der Waals surface area contributed by atoms with Crippen LogP contribution in [0, 0.1) is 0 Å². The topological polar surface area (TPSA) is 50.8 Å². The van der Waals surface area contributed by atoms with Crippen LogP contribution in [-0.2, 0) is 11.3 Å². The van der Waals surface area contributed by atoms with Gasteiger partial charge >= 0.3 is 0 Å². The van der Waals surface area contributed by atoms with E-state index in [9.17, 15) is 4.79 Å². The predicted molar refractivity (Wildman–Crippen MR) is 72.2 cm³/mol. The zero-order chi connectivity index (χ0) is 13.7. The summed E-state index contributed by atoms with van der Waals surface area (Å²) in [6.45, 7) is 6.71. The fourth-order valence-electron chi connectivity index (χ4n) is 1.98. The van der Waals surface area contributed by atoms with Crippen molar-refractivity contribution < 1.29 is 14.3 Å². The van der Waals surface area contributed by atoms with Crippen LogP contribution < -0.4 is 14.8 Å². The molecule has 0 spiro atoms. The van der Waals surface area contributed by atoms with Crippen molar-refractivity contribution in [3.63, 3.8) is 0 Å². The van der Waals surface area contributed by atoms with Crippen molar-refractivity contribution in [3.8, 4) is 11.5 Å². The molecule has 5 heteroatoms. The minimum absolute atomic E-state index is 0.113. The second-order valence-electron chi connectivity index (χ2n) is 4.38. The maximum atomic E-state index is 12.0. The molecule has 0 bridgehead atoms. The van der Waals surface area contributed by atoms with Gasteiger partial charge in [0.05, 0.1) is 6.54 Å². The number of nitrogens with zero attached hydrogens (tertiary/aromatic N) is 1. The van der Waals surface area contributed by atoms with Crippen LogP contribution in [0.3, 0.4) is 0 Å². The van der Waals surface area contributed by atoms with E-state index in [1.807, 2.05) is 36.9 Å². The molecule has 0 atom stereocenters. The Balaban J connectivity index is 2.00. The van der Waals surface area contributed by atoms with Gasteiger partial charge in [0.25, 0.3) is 0 Å². The van der Waals surface area contributed by atoms with Crippen LogP contribution in [0.4, 0.5) is 0 Å². The number of hydrogen-bond donors (Lipinski definition) is 1. The summed E-state index contributed by atoms with van der Waals surface area (Å²) in [6.07, 6.45) is 0. The summed E-state index contributed by atoms with van der Waals surface area (Å²) in [5.41, 5.74) is 1.05. The maximum absolute atomic E-state index is 12.0. The molecule has 1 aromatic rings. The number of hydrogen-bond acceptors (Lipinski definition) is 4. The highest BCUT2D eigenvalue weighted by atomic mass is 16.7. The van der Waals surface area contributed by atoms with Crippen molar-refractivity contribution in [2.45, 2.75) is 20.4 Å². The quantitative estimate of drug-likeness (QED) is 0.843. The summed E-state index contributed by atoms with van der Waals surface area (Å²) in [4.78, 5) is 13.8. The largest absolute Gasteiger partial charge is 0.454 e. The molecular formula is C14H20N2O3. The van der Waals surface area contributed by atoms with E-state index >= 15 is 0 Å². The molecule has 19 heavy (non-hydrogen) atoms. The monoisotopic (exact) mass is 264 g/mol. The number of benzene rings is 1. The highest BCUT2D eigenvalue weighted by molar-refractivity contribution is 5.78. The van der Waals surface area contributed by atoms with Gasteiger partial charge in [-0.05, 0) is 31.2 Å². The Bertz CT molecular complexity index is 448. The second kappa shape index (κ2) is 6.43. The lowest BCUT2D eigenvalue weighted by molar-refractivity contribution is -0.130.